The summed E-state index contributed by atoms with van der Waals surface area (Å²) in [7, 11) is 0. The molecule has 0 fully saturated rings. The van der Waals surface area contributed by atoms with Gasteiger partial charge in [0.1, 0.15) is 11.6 Å². The molecule has 1 aromatic heterocycles. The zero-order valence-electron chi connectivity index (χ0n) is 9.78. The molecule has 0 aliphatic rings. The van der Waals surface area contributed by atoms with Crippen molar-refractivity contribution in [2.45, 2.75) is 33.7 Å². The number of aromatic nitrogens is 2. The summed E-state index contributed by atoms with van der Waals surface area (Å²) in [6.07, 6.45) is 0. The third-order valence-corrected chi connectivity index (χ3v) is 2.48. The number of hydrogen-bond donors (Lipinski definition) is 2. The Morgan fingerprint density at radius 1 is 1.33 bits per heavy atom. The van der Waals surface area contributed by atoms with Crippen LogP contribution in [0.25, 0.3) is 0 Å². The van der Waals surface area contributed by atoms with E-state index in [2.05, 4.69) is 15.3 Å². The number of rotatable bonds is 4. The molecule has 0 amide bonds. The van der Waals surface area contributed by atoms with Gasteiger partial charge in [0, 0.05) is 24.4 Å². The number of nitrogens with one attached hydrogen (secondary N) is 1. The monoisotopic (exact) mass is 209 g/mol. The lowest BCUT2D eigenvalue weighted by molar-refractivity contribution is 0.226. The van der Waals surface area contributed by atoms with E-state index in [9.17, 15) is 0 Å². The second-order valence-corrected chi connectivity index (χ2v) is 4.03. The highest BCUT2D eigenvalue weighted by atomic mass is 16.3. The Balaban J connectivity index is 2.72. The molecule has 0 radical (unpaired) electrons. The van der Waals surface area contributed by atoms with Gasteiger partial charge in [-0.1, -0.05) is 6.92 Å². The highest BCUT2D eigenvalue weighted by Gasteiger charge is 2.11. The number of aryl methyl sites for hydroxylation is 2. The maximum absolute atomic E-state index is 9.02. The Morgan fingerprint density at radius 3 is 2.53 bits per heavy atom. The molecular weight excluding hydrogens is 190 g/mol. The lowest BCUT2D eigenvalue weighted by atomic mass is 10.1. The minimum absolute atomic E-state index is 0.178. The number of aliphatic hydroxyl groups excluding tert-OH is 1. The molecular formula is C11H19N3O. The van der Waals surface area contributed by atoms with Gasteiger partial charge >= 0.3 is 0 Å². The Bertz CT molecular complexity index is 307. The SMILES string of the molecule is Cc1cc(NC(C)C(C)CO)nc(C)n1. The van der Waals surface area contributed by atoms with Crippen molar-refractivity contribution in [1.29, 1.82) is 0 Å². The van der Waals surface area contributed by atoms with Gasteiger partial charge in [-0.25, -0.2) is 9.97 Å². The predicted octanol–water partition coefficient (Wildman–Crippen LogP) is 1.52. The molecule has 2 atom stereocenters. The van der Waals surface area contributed by atoms with Crippen molar-refractivity contribution in [3.05, 3.63) is 17.6 Å². The smallest absolute Gasteiger partial charge is 0.130 e. The van der Waals surface area contributed by atoms with Gasteiger partial charge in [-0.2, -0.15) is 0 Å². The summed E-state index contributed by atoms with van der Waals surface area (Å²) in [6, 6.07) is 2.11. The third-order valence-electron chi connectivity index (χ3n) is 2.48. The average Bonchev–Trinajstić information content (AvgIpc) is 2.14. The van der Waals surface area contributed by atoms with Crippen LogP contribution >= 0.6 is 0 Å². The van der Waals surface area contributed by atoms with Gasteiger partial charge in [0.05, 0.1) is 0 Å². The largest absolute Gasteiger partial charge is 0.396 e. The fourth-order valence-electron chi connectivity index (χ4n) is 1.32. The number of anilines is 1. The first-order valence-electron chi connectivity index (χ1n) is 5.22. The second-order valence-electron chi connectivity index (χ2n) is 4.03. The summed E-state index contributed by atoms with van der Waals surface area (Å²) < 4.78 is 0. The molecule has 0 saturated carbocycles. The van der Waals surface area contributed by atoms with E-state index in [4.69, 9.17) is 5.11 Å². The summed E-state index contributed by atoms with van der Waals surface area (Å²) in [5.74, 6) is 1.80. The molecule has 0 aromatic carbocycles. The van der Waals surface area contributed by atoms with Crippen molar-refractivity contribution in [2.75, 3.05) is 11.9 Å². The van der Waals surface area contributed by atoms with Crippen molar-refractivity contribution >= 4 is 5.82 Å². The van der Waals surface area contributed by atoms with Crippen molar-refractivity contribution in [3.63, 3.8) is 0 Å². The summed E-state index contributed by atoms with van der Waals surface area (Å²) in [6.45, 7) is 8.03. The van der Waals surface area contributed by atoms with Crippen LogP contribution in [0.1, 0.15) is 25.4 Å². The van der Waals surface area contributed by atoms with E-state index < -0.39 is 0 Å². The van der Waals surface area contributed by atoms with Gasteiger partial charge in [-0.15, -0.1) is 0 Å². The minimum atomic E-state index is 0.178. The van der Waals surface area contributed by atoms with Crippen LogP contribution in [-0.4, -0.2) is 27.7 Å². The van der Waals surface area contributed by atoms with Crippen LogP contribution in [-0.2, 0) is 0 Å². The second kappa shape index (κ2) is 5.07. The lowest BCUT2D eigenvalue weighted by Gasteiger charge is -2.20. The van der Waals surface area contributed by atoms with Crippen LogP contribution in [0.3, 0.4) is 0 Å². The quantitative estimate of drug-likeness (QED) is 0.789. The fourth-order valence-corrected chi connectivity index (χ4v) is 1.32. The van der Waals surface area contributed by atoms with E-state index in [0.29, 0.717) is 0 Å². The normalized spacial score (nSPS) is 14.7. The summed E-state index contributed by atoms with van der Waals surface area (Å²) in [5.41, 5.74) is 0.953. The van der Waals surface area contributed by atoms with Crippen molar-refractivity contribution < 1.29 is 5.11 Å². The Morgan fingerprint density at radius 2 is 2.00 bits per heavy atom. The minimum Gasteiger partial charge on any atom is -0.396 e. The van der Waals surface area contributed by atoms with E-state index in [1.165, 1.54) is 0 Å². The van der Waals surface area contributed by atoms with E-state index >= 15 is 0 Å². The van der Waals surface area contributed by atoms with Crippen LogP contribution in [0.15, 0.2) is 6.07 Å². The van der Waals surface area contributed by atoms with Crippen LogP contribution in [0.5, 0.6) is 0 Å². The molecule has 0 aliphatic carbocycles. The van der Waals surface area contributed by atoms with Crippen LogP contribution < -0.4 is 5.32 Å². The maximum Gasteiger partial charge on any atom is 0.130 e. The molecule has 1 heterocycles. The highest BCUT2D eigenvalue weighted by Crippen LogP contribution is 2.11. The molecule has 0 aliphatic heterocycles. The summed E-state index contributed by atoms with van der Waals surface area (Å²) in [4.78, 5) is 8.49. The van der Waals surface area contributed by atoms with Crippen molar-refractivity contribution in [1.82, 2.24) is 9.97 Å². The van der Waals surface area contributed by atoms with Crippen LogP contribution in [0.4, 0.5) is 5.82 Å². The first-order chi connectivity index (χ1) is 7.02. The predicted molar refractivity (Wildman–Crippen MR) is 60.8 cm³/mol. The Hall–Kier alpha value is -1.16. The van der Waals surface area contributed by atoms with Crippen LogP contribution in [0, 0.1) is 19.8 Å². The van der Waals surface area contributed by atoms with E-state index in [0.717, 1.165) is 17.3 Å². The summed E-state index contributed by atoms with van der Waals surface area (Å²) >= 11 is 0. The summed E-state index contributed by atoms with van der Waals surface area (Å²) in [5, 5.41) is 12.3. The maximum atomic E-state index is 9.02. The van der Waals surface area contributed by atoms with Gasteiger partial charge in [-0.3, -0.25) is 0 Å². The van der Waals surface area contributed by atoms with Gasteiger partial charge in [-0.05, 0) is 26.7 Å². The molecule has 0 bridgehead atoms. The number of hydrogen-bond acceptors (Lipinski definition) is 4. The lowest BCUT2D eigenvalue weighted by Crippen LogP contribution is -2.26. The van der Waals surface area contributed by atoms with E-state index in [1.807, 2.05) is 33.8 Å². The molecule has 1 aromatic rings. The molecule has 1 rings (SSSR count). The molecule has 2 unspecified atom stereocenters. The molecule has 84 valence electrons. The van der Waals surface area contributed by atoms with Gasteiger partial charge in [0.2, 0.25) is 0 Å². The Labute approximate surface area is 90.8 Å². The molecule has 15 heavy (non-hydrogen) atoms. The zero-order valence-corrected chi connectivity index (χ0v) is 9.78. The highest BCUT2D eigenvalue weighted by molar-refractivity contribution is 5.36. The topological polar surface area (TPSA) is 58.0 Å². The molecule has 0 saturated heterocycles. The van der Waals surface area contributed by atoms with Crippen molar-refractivity contribution in [2.24, 2.45) is 5.92 Å². The standard InChI is InChI=1S/C11H19N3O/c1-7(6-15)9(3)13-11-5-8(2)12-10(4)14-11/h5,7,9,15H,6H2,1-4H3,(H,12,13,14). The molecule has 4 nitrogen and oxygen atoms in total. The van der Waals surface area contributed by atoms with Crippen molar-refractivity contribution in [3.8, 4) is 0 Å². The number of aliphatic hydroxyl groups is 1. The number of nitrogens with zero attached hydrogens (tertiary/aromatic N) is 2. The fraction of sp³-hybridized carbons (Fsp3) is 0.636. The van der Waals surface area contributed by atoms with E-state index in [1.54, 1.807) is 0 Å². The first-order valence-corrected chi connectivity index (χ1v) is 5.22. The molecule has 4 heteroatoms. The third kappa shape index (κ3) is 3.47. The Kier molecular flexibility index (Phi) is 4.03. The van der Waals surface area contributed by atoms with Gasteiger partial charge in [0.15, 0.2) is 0 Å². The van der Waals surface area contributed by atoms with E-state index in [-0.39, 0.29) is 18.6 Å². The molecule has 0 spiro atoms. The first kappa shape index (κ1) is 11.9. The zero-order chi connectivity index (χ0) is 11.4. The van der Waals surface area contributed by atoms with Gasteiger partial charge < -0.3 is 10.4 Å². The van der Waals surface area contributed by atoms with Crippen LogP contribution in [0.2, 0.25) is 0 Å². The average molecular weight is 209 g/mol. The van der Waals surface area contributed by atoms with Gasteiger partial charge in [0.25, 0.3) is 0 Å². The molecule has 2 N–H and O–H groups in total.